The summed E-state index contributed by atoms with van der Waals surface area (Å²) in [5, 5.41) is 0. The largest absolute Gasteiger partial charge is 2.00 e. The fraction of sp³-hybridized carbons (Fsp3) is 1.00. The zero-order valence-corrected chi connectivity index (χ0v) is 21.1. The minimum absolute atomic E-state index is 0. The quantitative estimate of drug-likeness (QED) is 0.196. The topological polar surface area (TPSA) is 114 Å². The molecule has 0 aliphatic heterocycles. The molecule has 0 bridgehead atoms. The van der Waals surface area contributed by atoms with E-state index in [0.29, 0.717) is 12.8 Å². The SMILES string of the molecule is CCCCCCCCCS(=O)(=O)[O-].CCCCCCCCCS(=O)(=O)[O-].[Ca+2]. The van der Waals surface area contributed by atoms with E-state index in [9.17, 15) is 25.9 Å². The summed E-state index contributed by atoms with van der Waals surface area (Å²) in [4.78, 5) is 0. The summed E-state index contributed by atoms with van der Waals surface area (Å²) < 4.78 is 61.3. The number of hydrogen-bond acceptors (Lipinski definition) is 6. The molecule has 0 unspecified atom stereocenters. The van der Waals surface area contributed by atoms with Gasteiger partial charge in [-0.2, -0.15) is 0 Å². The molecule has 0 N–H and O–H groups in total. The molecule has 0 saturated heterocycles. The van der Waals surface area contributed by atoms with Gasteiger partial charge in [0.2, 0.25) is 0 Å². The van der Waals surface area contributed by atoms with Crippen molar-refractivity contribution in [3.05, 3.63) is 0 Å². The maximum absolute atomic E-state index is 10.2. The Morgan fingerprint density at radius 1 is 0.481 bits per heavy atom. The average Bonchev–Trinajstić information content (AvgIpc) is 2.52. The van der Waals surface area contributed by atoms with Crippen molar-refractivity contribution in [2.45, 2.75) is 104 Å². The first-order valence-corrected chi connectivity index (χ1v) is 13.1. The number of rotatable bonds is 16. The second kappa shape index (κ2) is 21.8. The number of unbranched alkanes of at least 4 members (excludes halogenated alkanes) is 12. The summed E-state index contributed by atoms with van der Waals surface area (Å²) >= 11 is 0. The zero-order chi connectivity index (χ0) is 20.3. The van der Waals surface area contributed by atoms with Gasteiger partial charge in [-0.25, -0.2) is 16.8 Å². The van der Waals surface area contributed by atoms with Crippen LogP contribution in [0.1, 0.15) is 104 Å². The molecular formula is C18H38CaO6S2. The van der Waals surface area contributed by atoms with Gasteiger partial charge in [0, 0.05) is 11.5 Å². The van der Waals surface area contributed by atoms with Gasteiger partial charge in [-0.15, -0.1) is 0 Å². The van der Waals surface area contributed by atoms with Crippen LogP contribution in [0.4, 0.5) is 0 Å². The van der Waals surface area contributed by atoms with Crippen LogP contribution in [0.5, 0.6) is 0 Å². The van der Waals surface area contributed by atoms with Crippen molar-refractivity contribution in [1.82, 2.24) is 0 Å². The van der Waals surface area contributed by atoms with Gasteiger partial charge in [0.15, 0.2) is 0 Å². The molecule has 0 aromatic carbocycles. The minimum atomic E-state index is -3.97. The van der Waals surface area contributed by atoms with E-state index in [0.717, 1.165) is 38.5 Å². The third-order valence-electron chi connectivity index (χ3n) is 4.00. The van der Waals surface area contributed by atoms with Gasteiger partial charge < -0.3 is 9.11 Å². The summed E-state index contributed by atoms with van der Waals surface area (Å²) in [7, 11) is -7.94. The van der Waals surface area contributed by atoms with Crippen LogP contribution in [-0.4, -0.2) is 75.2 Å². The molecule has 27 heavy (non-hydrogen) atoms. The zero-order valence-electron chi connectivity index (χ0n) is 17.3. The predicted octanol–water partition coefficient (Wildman–Crippen LogP) is 4.18. The third kappa shape index (κ3) is 38.3. The van der Waals surface area contributed by atoms with Crippen LogP contribution in [0.25, 0.3) is 0 Å². The van der Waals surface area contributed by atoms with Gasteiger partial charge in [0.25, 0.3) is 0 Å². The monoisotopic (exact) mass is 454 g/mol. The molecule has 0 spiro atoms. The van der Waals surface area contributed by atoms with Crippen LogP contribution >= 0.6 is 0 Å². The summed E-state index contributed by atoms with van der Waals surface area (Å²) in [5.41, 5.74) is 0. The van der Waals surface area contributed by atoms with Crippen molar-refractivity contribution in [1.29, 1.82) is 0 Å². The Hall–Kier alpha value is 1.08. The molecule has 0 aliphatic rings. The Balaban J connectivity index is -0.000000411. The maximum atomic E-state index is 10.2. The van der Waals surface area contributed by atoms with Crippen molar-refractivity contribution in [2.24, 2.45) is 0 Å². The van der Waals surface area contributed by atoms with Gasteiger partial charge >= 0.3 is 37.7 Å². The van der Waals surface area contributed by atoms with Gasteiger partial charge in [0.05, 0.1) is 20.2 Å². The first kappa shape index (κ1) is 32.7. The molecule has 0 aliphatic carbocycles. The van der Waals surface area contributed by atoms with Crippen molar-refractivity contribution >= 4 is 58.0 Å². The smallest absolute Gasteiger partial charge is 0.748 e. The predicted molar refractivity (Wildman–Crippen MR) is 111 cm³/mol. The van der Waals surface area contributed by atoms with E-state index in [1.807, 2.05) is 0 Å². The Labute approximate surface area is 197 Å². The van der Waals surface area contributed by atoms with E-state index >= 15 is 0 Å². The molecule has 0 heterocycles. The molecule has 0 aromatic rings. The van der Waals surface area contributed by atoms with Crippen LogP contribution < -0.4 is 0 Å². The fourth-order valence-corrected chi connectivity index (χ4v) is 3.59. The van der Waals surface area contributed by atoms with Crippen molar-refractivity contribution < 1.29 is 25.9 Å². The van der Waals surface area contributed by atoms with E-state index in [-0.39, 0.29) is 49.2 Å². The molecule has 0 aromatic heterocycles. The van der Waals surface area contributed by atoms with Crippen LogP contribution in [0, 0.1) is 0 Å². The second-order valence-electron chi connectivity index (χ2n) is 6.77. The van der Waals surface area contributed by atoms with Gasteiger partial charge in [0.1, 0.15) is 0 Å². The molecule has 160 valence electrons. The molecule has 9 heteroatoms. The first-order valence-electron chi connectivity index (χ1n) is 9.99. The van der Waals surface area contributed by atoms with Crippen molar-refractivity contribution in [2.75, 3.05) is 11.5 Å². The second-order valence-corrected chi connectivity index (χ2v) is 9.81. The van der Waals surface area contributed by atoms with Crippen LogP contribution in [0.3, 0.4) is 0 Å². The molecule has 0 saturated carbocycles. The normalized spacial score (nSPS) is 11.4. The van der Waals surface area contributed by atoms with E-state index in [1.165, 1.54) is 38.5 Å². The van der Waals surface area contributed by atoms with Crippen LogP contribution in [0.2, 0.25) is 0 Å². The molecule has 6 nitrogen and oxygen atoms in total. The average molecular weight is 455 g/mol. The summed E-state index contributed by atoms with van der Waals surface area (Å²) in [6.45, 7) is 4.31. The van der Waals surface area contributed by atoms with Crippen molar-refractivity contribution in [3.8, 4) is 0 Å². The van der Waals surface area contributed by atoms with E-state index in [2.05, 4.69) is 13.8 Å². The van der Waals surface area contributed by atoms with E-state index in [4.69, 9.17) is 0 Å². The fourth-order valence-electron chi connectivity index (χ4n) is 2.47. The summed E-state index contributed by atoms with van der Waals surface area (Å²) in [6, 6.07) is 0. The van der Waals surface area contributed by atoms with Crippen LogP contribution in [0.15, 0.2) is 0 Å². The van der Waals surface area contributed by atoms with Crippen LogP contribution in [-0.2, 0) is 20.2 Å². The first-order chi connectivity index (χ1) is 12.1. The number of hydrogen-bond donors (Lipinski definition) is 0. The molecule has 0 rings (SSSR count). The molecule has 0 amide bonds. The molecular weight excluding hydrogens is 416 g/mol. The molecule has 0 atom stereocenters. The molecule has 0 fully saturated rings. The van der Waals surface area contributed by atoms with Crippen molar-refractivity contribution in [3.63, 3.8) is 0 Å². The van der Waals surface area contributed by atoms with Gasteiger partial charge in [-0.05, 0) is 12.8 Å². The Morgan fingerprint density at radius 3 is 0.926 bits per heavy atom. The van der Waals surface area contributed by atoms with E-state index < -0.39 is 20.2 Å². The van der Waals surface area contributed by atoms with Gasteiger partial charge in [-0.3, -0.25) is 0 Å². The van der Waals surface area contributed by atoms with E-state index in [1.54, 1.807) is 0 Å². The van der Waals surface area contributed by atoms with Gasteiger partial charge in [-0.1, -0.05) is 90.9 Å². The minimum Gasteiger partial charge on any atom is -0.748 e. The summed E-state index contributed by atoms with van der Waals surface area (Å²) in [6.07, 6.45) is 14.6. The Bertz CT molecular complexity index is 446. The maximum Gasteiger partial charge on any atom is 2.00 e. The Kier molecular flexibility index (Phi) is 26.4. The molecule has 0 radical (unpaired) electrons. The summed E-state index contributed by atoms with van der Waals surface area (Å²) in [5.74, 6) is -0.387. The standard InChI is InChI=1S/2C9H20O3S.Ca/c2*1-2-3-4-5-6-7-8-9-13(10,11)12;/h2*2-9H2,1H3,(H,10,11,12);/q;;+2/p-2. The third-order valence-corrected chi connectivity index (χ3v) is 5.57. The Morgan fingerprint density at radius 2 is 0.704 bits per heavy atom.